The minimum atomic E-state index is -0.357. The molecule has 0 spiro atoms. The van der Waals surface area contributed by atoms with Crippen LogP contribution in [0.25, 0.3) is 11.5 Å². The monoisotopic (exact) mass is 330 g/mol. The molecule has 0 unspecified atom stereocenters. The number of thioether (sulfide) groups is 1. The van der Waals surface area contributed by atoms with Gasteiger partial charge in [-0.3, -0.25) is 4.79 Å². The van der Waals surface area contributed by atoms with Gasteiger partial charge in [-0.05, 0) is 26.0 Å². The normalized spacial score (nSPS) is 11.7. The molecule has 2 aromatic rings. The van der Waals surface area contributed by atoms with Gasteiger partial charge in [0.2, 0.25) is 11.8 Å². The predicted octanol–water partition coefficient (Wildman–Crippen LogP) is 2.90. The molecule has 0 aliphatic heterocycles. The lowest BCUT2D eigenvalue weighted by Crippen LogP contribution is -2.33. The van der Waals surface area contributed by atoms with Gasteiger partial charge in [-0.25, -0.2) is 0 Å². The molecule has 23 heavy (non-hydrogen) atoms. The van der Waals surface area contributed by atoms with Gasteiger partial charge in [-0.2, -0.15) is 5.26 Å². The lowest BCUT2D eigenvalue weighted by Gasteiger charge is -2.18. The second kappa shape index (κ2) is 7.79. The van der Waals surface area contributed by atoms with Crippen LogP contribution in [0.4, 0.5) is 0 Å². The molecule has 0 fully saturated rings. The maximum Gasteiger partial charge on any atom is 0.277 e. The van der Waals surface area contributed by atoms with Crippen molar-refractivity contribution in [3.8, 4) is 17.5 Å². The van der Waals surface area contributed by atoms with E-state index < -0.39 is 0 Å². The lowest BCUT2D eigenvalue weighted by atomic mass is 10.1. The van der Waals surface area contributed by atoms with Crippen molar-refractivity contribution >= 4 is 17.7 Å². The topological polar surface area (TPSA) is 83.0 Å². The molecule has 0 aliphatic rings. The molecular weight excluding hydrogens is 312 g/mol. The molecule has 1 aromatic heterocycles. The number of nitrogens with zero attached hydrogens (tertiary/aromatic N) is 4. The first-order chi connectivity index (χ1) is 11.0. The maximum absolute atomic E-state index is 12.2. The third-order valence-electron chi connectivity index (χ3n) is 3.23. The van der Waals surface area contributed by atoms with E-state index in [1.54, 1.807) is 18.9 Å². The molecule has 1 aromatic carbocycles. The number of rotatable bonds is 6. The Morgan fingerprint density at radius 1 is 1.48 bits per heavy atom. The van der Waals surface area contributed by atoms with Crippen LogP contribution in [0.3, 0.4) is 0 Å². The van der Waals surface area contributed by atoms with E-state index in [-0.39, 0.29) is 11.2 Å². The second-order valence-corrected chi connectivity index (χ2v) is 6.46. The summed E-state index contributed by atoms with van der Waals surface area (Å²) in [6.45, 7) is 4.19. The van der Waals surface area contributed by atoms with E-state index in [9.17, 15) is 4.79 Å². The summed E-state index contributed by atoms with van der Waals surface area (Å²) in [5.41, 5.74) is 1.96. The molecule has 0 N–H and O–H groups in total. The number of hydrogen-bond acceptors (Lipinski definition) is 6. The average Bonchev–Trinajstić information content (AvgIpc) is 3.00. The Hall–Kier alpha value is -2.33. The number of aryl methyl sites for hydroxylation is 1. The van der Waals surface area contributed by atoms with Crippen molar-refractivity contribution in [3.05, 3.63) is 29.8 Å². The first kappa shape index (κ1) is 17.0. The number of carbonyl (C=O) groups excluding carboxylic acids is 1. The molecule has 1 atom stereocenters. The van der Waals surface area contributed by atoms with E-state index >= 15 is 0 Å². The van der Waals surface area contributed by atoms with E-state index in [4.69, 9.17) is 9.68 Å². The fourth-order valence-corrected chi connectivity index (χ4v) is 2.79. The zero-order valence-electron chi connectivity index (χ0n) is 13.3. The van der Waals surface area contributed by atoms with Crippen molar-refractivity contribution in [2.45, 2.75) is 30.7 Å². The zero-order valence-corrected chi connectivity index (χ0v) is 14.1. The van der Waals surface area contributed by atoms with E-state index in [1.165, 1.54) is 11.8 Å². The molecule has 0 bridgehead atoms. The number of aromatic nitrogens is 2. The third-order valence-corrected chi connectivity index (χ3v) is 4.15. The van der Waals surface area contributed by atoms with Crippen LogP contribution in [0.2, 0.25) is 0 Å². The third kappa shape index (κ3) is 4.57. The van der Waals surface area contributed by atoms with Gasteiger partial charge in [0, 0.05) is 19.2 Å². The Labute approximate surface area is 139 Å². The van der Waals surface area contributed by atoms with Crippen molar-refractivity contribution in [3.63, 3.8) is 0 Å². The lowest BCUT2D eigenvalue weighted by molar-refractivity contribution is -0.128. The highest BCUT2D eigenvalue weighted by Gasteiger charge is 2.21. The summed E-state index contributed by atoms with van der Waals surface area (Å²) in [6, 6.07) is 9.82. The zero-order chi connectivity index (χ0) is 16.8. The fourth-order valence-electron chi connectivity index (χ4n) is 1.99. The summed E-state index contributed by atoms with van der Waals surface area (Å²) in [5.74, 6) is 0.370. The SMILES string of the molecule is Cc1cccc(-c2nnc(S[C@H](C)C(=O)N(C)CCC#N)o2)c1. The van der Waals surface area contributed by atoms with Gasteiger partial charge in [0.1, 0.15) is 0 Å². The molecule has 0 saturated carbocycles. The molecule has 0 radical (unpaired) electrons. The summed E-state index contributed by atoms with van der Waals surface area (Å²) in [6.07, 6.45) is 0.317. The fraction of sp³-hybridized carbons (Fsp3) is 0.375. The Kier molecular flexibility index (Phi) is 5.77. The summed E-state index contributed by atoms with van der Waals surface area (Å²) in [4.78, 5) is 13.7. The predicted molar refractivity (Wildman–Crippen MR) is 87.7 cm³/mol. The van der Waals surface area contributed by atoms with E-state index in [0.29, 0.717) is 24.1 Å². The van der Waals surface area contributed by atoms with Gasteiger partial charge in [-0.15, -0.1) is 10.2 Å². The van der Waals surface area contributed by atoms with Gasteiger partial charge in [0.05, 0.1) is 17.7 Å². The van der Waals surface area contributed by atoms with Crippen LogP contribution in [-0.4, -0.2) is 39.8 Å². The van der Waals surface area contributed by atoms with E-state index in [1.807, 2.05) is 37.3 Å². The molecule has 0 saturated heterocycles. The van der Waals surface area contributed by atoms with Gasteiger partial charge >= 0.3 is 0 Å². The van der Waals surface area contributed by atoms with Crippen LogP contribution in [0, 0.1) is 18.3 Å². The van der Waals surface area contributed by atoms with Crippen LogP contribution in [0.5, 0.6) is 0 Å². The van der Waals surface area contributed by atoms with Crippen molar-refractivity contribution in [2.24, 2.45) is 0 Å². The highest BCUT2D eigenvalue weighted by Crippen LogP contribution is 2.27. The van der Waals surface area contributed by atoms with Gasteiger partial charge in [0.25, 0.3) is 5.22 Å². The first-order valence-electron chi connectivity index (χ1n) is 7.20. The average molecular weight is 330 g/mol. The van der Waals surface area contributed by atoms with Crippen molar-refractivity contribution < 1.29 is 9.21 Å². The van der Waals surface area contributed by atoms with E-state index in [2.05, 4.69) is 10.2 Å². The summed E-state index contributed by atoms with van der Waals surface area (Å²) in [5, 5.41) is 16.6. The summed E-state index contributed by atoms with van der Waals surface area (Å²) < 4.78 is 5.62. The largest absolute Gasteiger partial charge is 0.411 e. The van der Waals surface area contributed by atoms with Crippen LogP contribution in [-0.2, 0) is 4.79 Å². The van der Waals surface area contributed by atoms with Crippen molar-refractivity contribution in [1.82, 2.24) is 15.1 Å². The first-order valence-corrected chi connectivity index (χ1v) is 8.08. The standard InChI is InChI=1S/C16H18N4O2S/c1-11-6-4-7-13(10-11)14-18-19-16(22-14)23-12(2)15(21)20(3)9-5-8-17/h4,6-7,10,12H,5,9H2,1-3H3/t12-/m1/s1. The van der Waals surface area contributed by atoms with Crippen molar-refractivity contribution in [1.29, 1.82) is 5.26 Å². The molecule has 1 heterocycles. The minimum Gasteiger partial charge on any atom is -0.411 e. The van der Waals surface area contributed by atoms with Crippen LogP contribution >= 0.6 is 11.8 Å². The highest BCUT2D eigenvalue weighted by atomic mass is 32.2. The Bertz CT molecular complexity index is 723. The quantitative estimate of drug-likeness (QED) is 0.757. The molecule has 120 valence electrons. The number of benzene rings is 1. The maximum atomic E-state index is 12.2. The number of nitriles is 1. The Morgan fingerprint density at radius 2 is 2.26 bits per heavy atom. The molecule has 1 amide bonds. The highest BCUT2D eigenvalue weighted by molar-refractivity contribution is 8.00. The molecule has 2 rings (SSSR count). The van der Waals surface area contributed by atoms with Crippen molar-refractivity contribution in [2.75, 3.05) is 13.6 Å². The van der Waals surface area contributed by atoms with Gasteiger partial charge in [-0.1, -0.05) is 29.5 Å². The van der Waals surface area contributed by atoms with E-state index in [0.717, 1.165) is 11.1 Å². The van der Waals surface area contributed by atoms with Gasteiger partial charge in [0.15, 0.2) is 0 Å². The number of amides is 1. The smallest absolute Gasteiger partial charge is 0.277 e. The number of carbonyl (C=O) groups is 1. The molecule has 6 nitrogen and oxygen atoms in total. The Balaban J connectivity index is 2.01. The number of hydrogen-bond donors (Lipinski definition) is 0. The van der Waals surface area contributed by atoms with Gasteiger partial charge < -0.3 is 9.32 Å². The summed E-state index contributed by atoms with van der Waals surface area (Å²) >= 11 is 1.22. The molecule has 0 aliphatic carbocycles. The van der Waals surface area contributed by atoms with Crippen LogP contribution < -0.4 is 0 Å². The van der Waals surface area contributed by atoms with Crippen LogP contribution in [0.15, 0.2) is 33.9 Å². The van der Waals surface area contributed by atoms with Crippen LogP contribution in [0.1, 0.15) is 18.9 Å². The molecular formula is C16H18N4O2S. The Morgan fingerprint density at radius 3 is 2.96 bits per heavy atom. The molecule has 7 heteroatoms. The summed E-state index contributed by atoms with van der Waals surface area (Å²) in [7, 11) is 1.68. The minimum absolute atomic E-state index is 0.0689. The second-order valence-electron chi connectivity index (χ2n) is 5.17.